The fourth-order valence-electron chi connectivity index (χ4n) is 0.931. The number of nitrogens with one attached hydrogen (secondary N) is 1. The van der Waals surface area contributed by atoms with Crippen molar-refractivity contribution in [2.75, 3.05) is 19.8 Å². The maximum absolute atomic E-state index is 12.3. The molecule has 0 rings (SSSR count). The molecule has 0 amide bonds. The average Bonchev–Trinajstić information content (AvgIpc) is 2.22. The van der Waals surface area contributed by atoms with Gasteiger partial charge in [-0.25, -0.2) is 8.78 Å². The van der Waals surface area contributed by atoms with Crippen LogP contribution in [0.1, 0.15) is 13.3 Å². The third-order valence-electron chi connectivity index (χ3n) is 1.77. The summed E-state index contributed by atoms with van der Waals surface area (Å²) in [5, 5.41) is 11.3. The molecule has 0 saturated carbocycles. The number of nitrogens with zero attached hydrogens (tertiary/aromatic N) is 1. The van der Waals surface area contributed by atoms with Crippen molar-refractivity contribution in [3.05, 3.63) is 0 Å². The Morgan fingerprint density at radius 1 is 1.44 bits per heavy atom. The molecule has 0 aromatic rings. The quantitative estimate of drug-likeness (QED) is 0.521. The number of rotatable bonds is 8. The number of nitriles is 1. The minimum absolute atomic E-state index is 0.159. The van der Waals surface area contributed by atoms with Crippen LogP contribution in [0.3, 0.4) is 0 Å². The van der Waals surface area contributed by atoms with Crippen LogP contribution in [0.25, 0.3) is 0 Å². The van der Waals surface area contributed by atoms with E-state index < -0.39 is 25.0 Å². The van der Waals surface area contributed by atoms with Crippen LogP contribution in [0.2, 0.25) is 0 Å². The Morgan fingerprint density at radius 3 is 2.50 bits per heavy atom. The molecule has 0 aromatic heterocycles. The molecule has 0 aliphatic heterocycles. The zero-order valence-corrected chi connectivity index (χ0v) is 8.85. The van der Waals surface area contributed by atoms with Gasteiger partial charge < -0.3 is 10.1 Å². The van der Waals surface area contributed by atoms with Crippen LogP contribution < -0.4 is 5.32 Å². The van der Waals surface area contributed by atoms with Crippen LogP contribution in [0.15, 0.2) is 0 Å². The van der Waals surface area contributed by atoms with Gasteiger partial charge in [-0.05, 0) is 13.0 Å². The Balaban J connectivity index is 3.71. The van der Waals surface area contributed by atoms with E-state index in [-0.39, 0.29) is 13.0 Å². The minimum Gasteiger partial charge on any atom is -0.375 e. The molecule has 1 N–H and O–H groups in total. The van der Waals surface area contributed by atoms with Gasteiger partial charge in [0, 0.05) is 6.61 Å². The maximum Gasteiger partial charge on any atom is 0.330 e. The van der Waals surface area contributed by atoms with E-state index in [1.165, 1.54) is 0 Å². The van der Waals surface area contributed by atoms with E-state index in [1.54, 1.807) is 6.92 Å². The number of halogens is 4. The molecule has 0 aromatic carbocycles. The second kappa shape index (κ2) is 7.41. The first-order valence-electron chi connectivity index (χ1n) is 4.80. The Bertz CT molecular complexity index is 230. The van der Waals surface area contributed by atoms with Crippen molar-refractivity contribution in [1.29, 1.82) is 5.26 Å². The zero-order valence-electron chi connectivity index (χ0n) is 8.85. The molecule has 0 fully saturated rings. The summed E-state index contributed by atoms with van der Waals surface area (Å²) in [5.41, 5.74) is 0. The minimum atomic E-state index is -4.12. The van der Waals surface area contributed by atoms with Gasteiger partial charge in [0.1, 0.15) is 6.61 Å². The highest BCUT2D eigenvalue weighted by molar-refractivity contribution is 4.88. The fourth-order valence-corrected chi connectivity index (χ4v) is 0.931. The molecule has 3 nitrogen and oxygen atoms in total. The van der Waals surface area contributed by atoms with Crippen molar-refractivity contribution in [2.45, 2.75) is 31.7 Å². The molecule has 94 valence electrons. The Kier molecular flexibility index (Phi) is 7.01. The summed E-state index contributed by atoms with van der Waals surface area (Å²) >= 11 is 0. The van der Waals surface area contributed by atoms with Crippen molar-refractivity contribution in [1.82, 2.24) is 5.32 Å². The molecule has 1 atom stereocenters. The molecular weight excluding hydrogens is 228 g/mol. The molecule has 0 spiro atoms. The van der Waals surface area contributed by atoms with E-state index in [1.807, 2.05) is 6.07 Å². The Morgan fingerprint density at radius 2 is 2.06 bits per heavy atom. The first-order chi connectivity index (χ1) is 7.44. The SMILES string of the molecule is CCNC(C#N)CCOCC(F)(F)C(F)F. The van der Waals surface area contributed by atoms with Gasteiger partial charge in [-0.3, -0.25) is 0 Å². The van der Waals surface area contributed by atoms with Crippen LogP contribution in [0.5, 0.6) is 0 Å². The summed E-state index contributed by atoms with van der Waals surface area (Å²) in [7, 11) is 0. The van der Waals surface area contributed by atoms with Crippen molar-refractivity contribution in [3.63, 3.8) is 0 Å². The highest BCUT2D eigenvalue weighted by Crippen LogP contribution is 2.22. The van der Waals surface area contributed by atoms with Gasteiger partial charge in [0.05, 0.1) is 12.1 Å². The van der Waals surface area contributed by atoms with E-state index in [2.05, 4.69) is 10.1 Å². The fraction of sp³-hybridized carbons (Fsp3) is 0.889. The predicted molar refractivity (Wildman–Crippen MR) is 49.5 cm³/mol. The number of ether oxygens (including phenoxy) is 1. The van der Waals surface area contributed by atoms with Gasteiger partial charge in [0.25, 0.3) is 0 Å². The third-order valence-corrected chi connectivity index (χ3v) is 1.77. The van der Waals surface area contributed by atoms with Gasteiger partial charge in [0.15, 0.2) is 0 Å². The van der Waals surface area contributed by atoms with Gasteiger partial charge in [0.2, 0.25) is 0 Å². The van der Waals surface area contributed by atoms with Crippen molar-refractivity contribution >= 4 is 0 Å². The van der Waals surface area contributed by atoms with Gasteiger partial charge in [-0.15, -0.1) is 0 Å². The highest BCUT2D eigenvalue weighted by atomic mass is 19.3. The molecule has 16 heavy (non-hydrogen) atoms. The van der Waals surface area contributed by atoms with Crippen LogP contribution in [-0.4, -0.2) is 38.1 Å². The monoisotopic (exact) mass is 242 g/mol. The first kappa shape index (κ1) is 15.1. The molecule has 7 heteroatoms. The highest BCUT2D eigenvalue weighted by Gasteiger charge is 2.40. The molecule has 0 aliphatic rings. The summed E-state index contributed by atoms with van der Waals surface area (Å²) in [6, 6.07) is 1.39. The van der Waals surface area contributed by atoms with E-state index >= 15 is 0 Å². The van der Waals surface area contributed by atoms with Crippen LogP contribution in [0.4, 0.5) is 17.6 Å². The number of alkyl halides is 4. The lowest BCUT2D eigenvalue weighted by Crippen LogP contribution is -2.33. The van der Waals surface area contributed by atoms with Crippen LogP contribution in [0, 0.1) is 11.3 Å². The molecule has 0 bridgehead atoms. The summed E-state index contributed by atoms with van der Waals surface area (Å²) in [6.07, 6.45) is -3.54. The maximum atomic E-state index is 12.3. The average molecular weight is 242 g/mol. The molecule has 0 radical (unpaired) electrons. The van der Waals surface area contributed by atoms with Crippen molar-refractivity contribution in [2.24, 2.45) is 0 Å². The second-order valence-electron chi connectivity index (χ2n) is 3.14. The molecule has 1 unspecified atom stereocenters. The van der Waals surface area contributed by atoms with Crippen molar-refractivity contribution < 1.29 is 22.3 Å². The molecule has 0 heterocycles. The summed E-state index contributed by atoms with van der Waals surface area (Å²) in [6.45, 7) is 0.865. The van der Waals surface area contributed by atoms with Crippen molar-refractivity contribution in [3.8, 4) is 6.07 Å². The standard InChI is InChI=1S/C9H14F4N2O/c1-2-15-7(5-14)3-4-16-6-9(12,13)8(10)11/h7-8,15H,2-4,6H2,1H3. The molecule has 0 aliphatic carbocycles. The van der Waals surface area contributed by atoms with E-state index in [4.69, 9.17) is 5.26 Å². The normalized spacial score (nSPS) is 13.8. The lowest BCUT2D eigenvalue weighted by molar-refractivity contribution is -0.166. The predicted octanol–water partition coefficient (Wildman–Crippen LogP) is 1.80. The van der Waals surface area contributed by atoms with E-state index in [0.29, 0.717) is 6.54 Å². The molecule has 0 saturated heterocycles. The second-order valence-corrected chi connectivity index (χ2v) is 3.14. The van der Waals surface area contributed by atoms with E-state index in [0.717, 1.165) is 0 Å². The Hall–Kier alpha value is -0.870. The van der Waals surface area contributed by atoms with Gasteiger partial charge in [-0.2, -0.15) is 14.0 Å². The smallest absolute Gasteiger partial charge is 0.330 e. The topological polar surface area (TPSA) is 45.0 Å². The van der Waals surface area contributed by atoms with Crippen LogP contribution in [-0.2, 0) is 4.74 Å². The van der Waals surface area contributed by atoms with Gasteiger partial charge in [-0.1, -0.05) is 6.92 Å². The largest absolute Gasteiger partial charge is 0.375 e. The van der Waals surface area contributed by atoms with Gasteiger partial charge >= 0.3 is 12.3 Å². The first-order valence-corrected chi connectivity index (χ1v) is 4.80. The number of hydrogen-bond acceptors (Lipinski definition) is 3. The Labute approximate surface area is 91.4 Å². The lowest BCUT2D eigenvalue weighted by atomic mass is 10.2. The number of hydrogen-bond donors (Lipinski definition) is 1. The van der Waals surface area contributed by atoms with Crippen LogP contribution >= 0.6 is 0 Å². The summed E-state index contributed by atoms with van der Waals surface area (Å²) in [4.78, 5) is 0. The molecular formula is C9H14F4N2O. The summed E-state index contributed by atoms with van der Waals surface area (Å²) < 4.78 is 52.5. The lowest BCUT2D eigenvalue weighted by Gasteiger charge is -2.16. The van der Waals surface area contributed by atoms with E-state index in [9.17, 15) is 17.6 Å². The zero-order chi connectivity index (χ0) is 12.6. The third kappa shape index (κ3) is 5.88. The summed E-state index contributed by atoms with van der Waals surface area (Å²) in [5.74, 6) is -4.12.